The molecule has 4 aromatic rings. The molecule has 0 amide bonds. The summed E-state index contributed by atoms with van der Waals surface area (Å²) in [5.74, 6) is -0.0277. The molecule has 2 aliphatic heterocycles. The minimum atomic E-state index is -0.353. The first kappa shape index (κ1) is 26.6. The number of pyridine rings is 1. The van der Waals surface area contributed by atoms with Crippen LogP contribution in [0.4, 0.5) is 4.39 Å². The lowest BCUT2D eigenvalue weighted by molar-refractivity contribution is 0.195. The zero-order chi connectivity index (χ0) is 28.0. The Bertz CT molecular complexity index is 1620. The van der Waals surface area contributed by atoms with E-state index in [1.807, 2.05) is 49.7 Å². The molecule has 4 heterocycles. The summed E-state index contributed by atoms with van der Waals surface area (Å²) in [6.45, 7) is 8.31. The predicted octanol–water partition coefficient (Wildman–Crippen LogP) is 5.39. The van der Waals surface area contributed by atoms with Crippen LogP contribution in [0.2, 0.25) is 0 Å². The normalized spacial score (nSPS) is 21.8. The van der Waals surface area contributed by atoms with Crippen LogP contribution in [0.15, 0.2) is 24.3 Å². The van der Waals surface area contributed by atoms with E-state index in [0.29, 0.717) is 35.4 Å². The van der Waals surface area contributed by atoms with Crippen molar-refractivity contribution in [2.45, 2.75) is 71.0 Å². The molecule has 0 radical (unpaired) electrons. The highest BCUT2D eigenvalue weighted by atomic mass is 19.1. The molecule has 1 N–H and O–H groups in total. The summed E-state index contributed by atoms with van der Waals surface area (Å²) in [5, 5.41) is 22.5. The van der Waals surface area contributed by atoms with E-state index in [1.54, 1.807) is 0 Å². The third-order valence-electron chi connectivity index (χ3n) is 8.91. The van der Waals surface area contributed by atoms with E-state index < -0.39 is 0 Å². The van der Waals surface area contributed by atoms with E-state index in [2.05, 4.69) is 33.6 Å². The first-order valence-corrected chi connectivity index (χ1v) is 14.2. The van der Waals surface area contributed by atoms with Gasteiger partial charge >= 0.3 is 0 Å². The summed E-state index contributed by atoms with van der Waals surface area (Å²) < 4.78 is 24.9. The Morgan fingerprint density at radius 2 is 2.02 bits per heavy atom. The van der Waals surface area contributed by atoms with Gasteiger partial charge in [-0.1, -0.05) is 23.4 Å². The summed E-state index contributed by atoms with van der Waals surface area (Å²) in [6, 6.07) is 10.7. The van der Waals surface area contributed by atoms with Crippen LogP contribution in [0, 0.1) is 37.9 Å². The first-order chi connectivity index (χ1) is 19.4. The van der Waals surface area contributed by atoms with Crippen molar-refractivity contribution < 1.29 is 9.13 Å². The maximum atomic E-state index is 16.7. The lowest BCUT2D eigenvalue weighted by Crippen LogP contribution is -2.38. The molecular formula is C31H36FN7O. The lowest BCUT2D eigenvalue weighted by atomic mass is 9.92. The monoisotopic (exact) mass is 541 g/mol. The molecule has 6 rings (SSSR count). The van der Waals surface area contributed by atoms with Crippen molar-refractivity contribution in [3.8, 4) is 23.1 Å². The average Bonchev–Trinajstić information content (AvgIpc) is 3.57. The third-order valence-corrected chi connectivity index (χ3v) is 8.91. The van der Waals surface area contributed by atoms with Crippen LogP contribution in [0.25, 0.3) is 33.1 Å². The van der Waals surface area contributed by atoms with Crippen molar-refractivity contribution in [1.82, 2.24) is 30.2 Å². The second-order valence-electron chi connectivity index (χ2n) is 11.5. The van der Waals surface area contributed by atoms with Gasteiger partial charge in [0.05, 0.1) is 18.5 Å². The van der Waals surface area contributed by atoms with Gasteiger partial charge in [0, 0.05) is 23.0 Å². The maximum absolute atomic E-state index is 16.7. The fraction of sp³-hybridized carbons (Fsp3) is 0.484. The molecule has 9 heteroatoms. The molecule has 2 aromatic heterocycles. The van der Waals surface area contributed by atoms with Gasteiger partial charge in [-0.05, 0) is 94.9 Å². The molecule has 0 aliphatic carbocycles. The van der Waals surface area contributed by atoms with Crippen LogP contribution in [0.1, 0.15) is 54.8 Å². The highest BCUT2D eigenvalue weighted by Crippen LogP contribution is 2.40. The smallest absolute Gasteiger partial charge is 0.245 e. The van der Waals surface area contributed by atoms with Crippen LogP contribution >= 0.6 is 0 Å². The molecule has 2 fully saturated rings. The number of piperidine rings is 1. The molecule has 2 saturated heterocycles. The number of fused-ring (bicyclic) bond motifs is 3. The molecule has 0 unspecified atom stereocenters. The molecule has 3 atom stereocenters. The summed E-state index contributed by atoms with van der Waals surface area (Å²) >= 11 is 0. The van der Waals surface area contributed by atoms with E-state index in [1.165, 1.54) is 0 Å². The van der Waals surface area contributed by atoms with Crippen molar-refractivity contribution >= 4 is 21.9 Å². The standard InChI is InChI=1S/C31H36FN7O/c1-18-7-5-9-24(20(18)3)26-19(2)15-25-28(27(26)32)35-31(40-17-23-8-6-14-38(23)4)29-30(25)39(37-36-29)22-11-13-34-21(16-22)10-12-33/h5,7,9,15,21-23,34H,6,8,10-11,13-14,16-17H2,1-4H3/t21-,22+,23+/m1/s1. The minimum Gasteiger partial charge on any atom is -0.474 e. The van der Waals surface area contributed by atoms with Gasteiger partial charge in [0.1, 0.15) is 17.6 Å². The van der Waals surface area contributed by atoms with Crippen LogP contribution in [0.3, 0.4) is 0 Å². The van der Waals surface area contributed by atoms with E-state index in [4.69, 9.17) is 9.72 Å². The van der Waals surface area contributed by atoms with Gasteiger partial charge in [-0.3, -0.25) is 0 Å². The molecule has 0 bridgehead atoms. The molecule has 208 valence electrons. The van der Waals surface area contributed by atoms with Gasteiger partial charge in [0.2, 0.25) is 5.88 Å². The van der Waals surface area contributed by atoms with Gasteiger partial charge in [-0.2, -0.15) is 5.26 Å². The molecule has 2 aromatic carbocycles. The maximum Gasteiger partial charge on any atom is 0.245 e. The summed E-state index contributed by atoms with van der Waals surface area (Å²) in [7, 11) is 2.11. The Kier molecular flexibility index (Phi) is 7.15. The summed E-state index contributed by atoms with van der Waals surface area (Å²) in [5.41, 5.74) is 6.02. The Morgan fingerprint density at radius 1 is 1.18 bits per heavy atom. The topological polar surface area (TPSA) is 91.9 Å². The Labute approximate surface area is 234 Å². The van der Waals surface area contributed by atoms with E-state index >= 15 is 4.39 Å². The number of ether oxygens (including phenoxy) is 1. The Hall–Kier alpha value is -3.61. The van der Waals surface area contributed by atoms with Crippen molar-refractivity contribution in [2.24, 2.45) is 0 Å². The fourth-order valence-electron chi connectivity index (χ4n) is 6.44. The molecular weight excluding hydrogens is 505 g/mol. The Morgan fingerprint density at radius 3 is 2.80 bits per heavy atom. The van der Waals surface area contributed by atoms with Gasteiger partial charge in [0.25, 0.3) is 0 Å². The number of likely N-dealkylation sites (tertiary alicyclic amines) is 1. The fourth-order valence-corrected chi connectivity index (χ4v) is 6.44. The van der Waals surface area contributed by atoms with Crippen molar-refractivity contribution in [1.29, 1.82) is 5.26 Å². The first-order valence-electron chi connectivity index (χ1n) is 14.2. The van der Waals surface area contributed by atoms with Crippen molar-refractivity contribution in [3.05, 3.63) is 46.8 Å². The van der Waals surface area contributed by atoms with Crippen molar-refractivity contribution in [2.75, 3.05) is 26.7 Å². The average molecular weight is 542 g/mol. The number of hydrogen-bond acceptors (Lipinski definition) is 7. The number of rotatable bonds is 6. The molecule has 8 nitrogen and oxygen atoms in total. The number of likely N-dealkylation sites (N-methyl/N-ethyl adjacent to an activating group) is 1. The Balaban J connectivity index is 1.54. The highest BCUT2D eigenvalue weighted by molar-refractivity contribution is 6.06. The second kappa shape index (κ2) is 10.8. The summed E-state index contributed by atoms with van der Waals surface area (Å²) in [4.78, 5) is 7.08. The SMILES string of the molecule is Cc1cccc(-c2c(C)cc3c(nc(OC[C@@H]4CCCN4C)c4nnn([C@H]5CCN[C@H](CC#N)C5)c43)c2F)c1C. The van der Waals surface area contributed by atoms with Gasteiger partial charge in [-0.25, -0.2) is 14.1 Å². The molecule has 2 aliphatic rings. The number of aromatic nitrogens is 4. The number of aryl methyl sites for hydroxylation is 2. The van der Waals surface area contributed by atoms with Gasteiger partial charge in [0.15, 0.2) is 11.3 Å². The number of nitriles is 1. The quantitative estimate of drug-likeness (QED) is 0.350. The minimum absolute atomic E-state index is 0.0334. The number of hydrogen-bond donors (Lipinski definition) is 1. The number of nitrogens with zero attached hydrogens (tertiary/aromatic N) is 6. The molecule has 0 saturated carbocycles. The number of nitrogens with one attached hydrogen (secondary N) is 1. The van der Waals surface area contributed by atoms with E-state index in [9.17, 15) is 5.26 Å². The largest absolute Gasteiger partial charge is 0.474 e. The highest BCUT2D eigenvalue weighted by Gasteiger charge is 2.29. The molecule has 40 heavy (non-hydrogen) atoms. The van der Waals surface area contributed by atoms with E-state index in [-0.39, 0.29) is 29.5 Å². The van der Waals surface area contributed by atoms with Crippen molar-refractivity contribution in [3.63, 3.8) is 0 Å². The third kappa shape index (κ3) is 4.59. The molecule has 0 spiro atoms. The lowest BCUT2D eigenvalue weighted by Gasteiger charge is -2.29. The second-order valence-corrected chi connectivity index (χ2v) is 11.5. The van der Waals surface area contributed by atoms with Gasteiger partial charge < -0.3 is 15.0 Å². The van der Waals surface area contributed by atoms with Crippen LogP contribution < -0.4 is 10.1 Å². The predicted molar refractivity (Wildman–Crippen MR) is 154 cm³/mol. The van der Waals surface area contributed by atoms with Crippen LogP contribution in [-0.4, -0.2) is 63.7 Å². The summed E-state index contributed by atoms with van der Waals surface area (Å²) in [6.07, 6.45) is 4.21. The van der Waals surface area contributed by atoms with Gasteiger partial charge in [-0.15, -0.1) is 5.10 Å². The van der Waals surface area contributed by atoms with E-state index in [0.717, 1.165) is 66.5 Å². The van der Waals surface area contributed by atoms with Crippen LogP contribution in [-0.2, 0) is 0 Å². The number of halogens is 1. The zero-order valence-corrected chi connectivity index (χ0v) is 23.7. The number of benzene rings is 2. The van der Waals surface area contributed by atoms with Crippen LogP contribution in [0.5, 0.6) is 5.88 Å². The zero-order valence-electron chi connectivity index (χ0n) is 23.7.